The van der Waals surface area contributed by atoms with Crippen LogP contribution in [0.2, 0.25) is 0 Å². The number of aromatic nitrogens is 4. The molecule has 0 spiro atoms. The number of para-hydroxylation sites is 1. The fourth-order valence-corrected chi connectivity index (χ4v) is 9.03. The number of fused-ring (bicyclic) bond motifs is 10. The van der Waals surface area contributed by atoms with Gasteiger partial charge < -0.3 is 4.42 Å². The Morgan fingerprint density at radius 2 is 1.31 bits per heavy atom. The van der Waals surface area contributed by atoms with Crippen molar-refractivity contribution in [2.45, 2.75) is 13.3 Å². The molecule has 10 aromatic rings. The first kappa shape index (κ1) is 29.4. The second-order valence-electron chi connectivity index (χ2n) is 13.7. The van der Waals surface area contributed by atoms with Crippen molar-refractivity contribution < 1.29 is 4.42 Å². The van der Waals surface area contributed by atoms with E-state index in [2.05, 4.69) is 121 Å². The molecule has 0 fully saturated rings. The summed E-state index contributed by atoms with van der Waals surface area (Å²) in [5.41, 5.74) is 8.20. The van der Waals surface area contributed by atoms with Gasteiger partial charge in [0, 0.05) is 59.6 Å². The maximum Gasteiger partial charge on any atom is 0.238 e. The van der Waals surface area contributed by atoms with Gasteiger partial charge in [-0.2, -0.15) is 9.97 Å². The third kappa shape index (κ3) is 4.44. The van der Waals surface area contributed by atoms with Crippen LogP contribution < -0.4 is 0 Å². The zero-order chi connectivity index (χ0) is 34.3. The minimum absolute atomic E-state index is 0.414. The summed E-state index contributed by atoms with van der Waals surface area (Å²) < 4.78 is 11.7. The van der Waals surface area contributed by atoms with E-state index >= 15 is 0 Å². The molecule has 246 valence electrons. The average Bonchev–Trinajstić information content (AvgIpc) is 3.87. The summed E-state index contributed by atoms with van der Waals surface area (Å²) in [6.07, 6.45) is 5.43. The van der Waals surface area contributed by atoms with Gasteiger partial charge in [-0.15, -0.1) is 11.3 Å². The monoisotopic (exact) mass is 686 g/mol. The maximum absolute atomic E-state index is 6.91. The highest BCUT2D eigenvalue weighted by atomic mass is 32.1. The van der Waals surface area contributed by atoms with Gasteiger partial charge in [-0.25, -0.2) is 4.98 Å². The predicted molar refractivity (Wildman–Crippen MR) is 215 cm³/mol. The molecule has 4 heterocycles. The first-order valence-corrected chi connectivity index (χ1v) is 18.5. The summed E-state index contributed by atoms with van der Waals surface area (Å²) in [5, 5.41) is 5.82. The molecule has 52 heavy (non-hydrogen) atoms. The Labute approximate surface area is 303 Å². The molecule has 1 atom stereocenters. The molecule has 11 rings (SSSR count). The lowest BCUT2D eigenvalue weighted by Crippen LogP contribution is -2.07. The summed E-state index contributed by atoms with van der Waals surface area (Å²) in [7, 11) is 0. The van der Waals surface area contributed by atoms with Crippen molar-refractivity contribution in [2.24, 2.45) is 5.92 Å². The molecule has 1 aliphatic carbocycles. The van der Waals surface area contributed by atoms with Crippen LogP contribution in [0.1, 0.15) is 18.2 Å². The van der Waals surface area contributed by atoms with E-state index in [1.165, 1.54) is 25.7 Å². The molecule has 0 saturated carbocycles. The molecule has 0 amide bonds. The van der Waals surface area contributed by atoms with Crippen LogP contribution in [0.5, 0.6) is 0 Å². The van der Waals surface area contributed by atoms with Crippen molar-refractivity contribution in [3.8, 4) is 39.9 Å². The Bertz CT molecular complexity index is 3000. The van der Waals surface area contributed by atoms with Gasteiger partial charge in [0.05, 0.1) is 16.4 Å². The van der Waals surface area contributed by atoms with E-state index in [1.54, 1.807) is 0 Å². The summed E-state index contributed by atoms with van der Waals surface area (Å²) in [6.45, 7) is 2.25. The van der Waals surface area contributed by atoms with Crippen LogP contribution in [-0.2, 0) is 6.42 Å². The first-order valence-electron chi connectivity index (χ1n) is 17.7. The lowest BCUT2D eigenvalue weighted by atomic mass is 9.93. The Balaban J connectivity index is 1.30. The van der Waals surface area contributed by atoms with E-state index < -0.39 is 0 Å². The van der Waals surface area contributed by atoms with Gasteiger partial charge >= 0.3 is 0 Å². The predicted octanol–water partition coefficient (Wildman–Crippen LogP) is 12.3. The highest BCUT2D eigenvalue weighted by Gasteiger charge is 2.27. The molecule has 0 radical (unpaired) electrons. The van der Waals surface area contributed by atoms with Crippen LogP contribution in [-0.4, -0.2) is 19.5 Å². The highest BCUT2D eigenvalue weighted by Crippen LogP contribution is 2.47. The molecule has 0 saturated heterocycles. The van der Waals surface area contributed by atoms with E-state index in [0.717, 1.165) is 67.2 Å². The van der Waals surface area contributed by atoms with Gasteiger partial charge in [0.15, 0.2) is 11.6 Å². The Kier molecular flexibility index (Phi) is 6.39. The van der Waals surface area contributed by atoms with Gasteiger partial charge in [0.25, 0.3) is 0 Å². The normalized spacial score (nSPS) is 14.3. The number of allylic oxidation sites excluding steroid dienone is 1. The third-order valence-corrected chi connectivity index (χ3v) is 11.5. The van der Waals surface area contributed by atoms with Crippen molar-refractivity contribution >= 4 is 70.4 Å². The van der Waals surface area contributed by atoms with E-state index in [4.69, 9.17) is 19.4 Å². The van der Waals surface area contributed by atoms with Crippen molar-refractivity contribution in [1.82, 2.24) is 19.5 Å². The maximum atomic E-state index is 6.91. The standard InChI is InChI=1S/C46H30N4OS/c1-27-20-22-31-36-26-34(30-21-23-40-35(25-30)32-16-9-11-19-39(32)52-40)42-41(43(36)51-38(31)24-27)33-17-8-10-18-37(33)50(42)46-48-44(28-12-4-2-5-13-28)47-45(49-46)29-14-6-3-7-15-29/h2-23,25-27H,24H2,1H3. The molecule has 5 nitrogen and oxygen atoms in total. The fraction of sp³-hybridized carbons (Fsp3) is 0.0652. The van der Waals surface area contributed by atoms with Crippen molar-refractivity contribution in [3.05, 3.63) is 151 Å². The van der Waals surface area contributed by atoms with Crippen molar-refractivity contribution in [3.63, 3.8) is 0 Å². The quantitative estimate of drug-likeness (QED) is 0.185. The van der Waals surface area contributed by atoms with Gasteiger partial charge in [-0.1, -0.05) is 122 Å². The Hall–Kier alpha value is -6.37. The lowest BCUT2D eigenvalue weighted by Gasteiger charge is -2.13. The molecular formula is C46H30N4OS. The number of furan rings is 1. The Morgan fingerprint density at radius 1 is 0.635 bits per heavy atom. The van der Waals surface area contributed by atoms with E-state index in [0.29, 0.717) is 23.5 Å². The minimum Gasteiger partial charge on any atom is -0.460 e. The van der Waals surface area contributed by atoms with Gasteiger partial charge in [0.2, 0.25) is 5.95 Å². The van der Waals surface area contributed by atoms with Crippen LogP contribution in [0, 0.1) is 5.92 Å². The zero-order valence-corrected chi connectivity index (χ0v) is 29.1. The summed E-state index contributed by atoms with van der Waals surface area (Å²) >= 11 is 1.84. The van der Waals surface area contributed by atoms with Gasteiger partial charge in [0.1, 0.15) is 11.3 Å². The second kappa shape index (κ2) is 11.3. The molecule has 1 aliphatic rings. The number of thiophene rings is 1. The van der Waals surface area contributed by atoms with Gasteiger partial charge in [-0.05, 0) is 41.8 Å². The number of benzene rings is 6. The van der Waals surface area contributed by atoms with Crippen LogP contribution >= 0.6 is 11.3 Å². The fourth-order valence-electron chi connectivity index (χ4n) is 7.95. The SMILES string of the molecule is CC1C=Cc2c(oc3c2cc(-c2ccc4sc5ccccc5c4c2)c2c3c3ccccc3n2-c2nc(-c3ccccc3)nc(-c3ccccc3)n2)C1. The van der Waals surface area contributed by atoms with Crippen LogP contribution in [0.25, 0.3) is 98.9 Å². The Morgan fingerprint density at radius 3 is 2.08 bits per heavy atom. The topological polar surface area (TPSA) is 56.7 Å². The number of hydrogen-bond donors (Lipinski definition) is 0. The molecule has 6 aromatic carbocycles. The number of rotatable bonds is 4. The molecule has 4 aromatic heterocycles. The molecule has 0 bridgehead atoms. The smallest absolute Gasteiger partial charge is 0.238 e. The molecule has 6 heteroatoms. The largest absolute Gasteiger partial charge is 0.460 e. The van der Waals surface area contributed by atoms with Crippen LogP contribution in [0.3, 0.4) is 0 Å². The van der Waals surface area contributed by atoms with Crippen LogP contribution in [0.4, 0.5) is 0 Å². The summed E-state index contributed by atoms with van der Waals surface area (Å²) in [4.78, 5) is 15.5. The third-order valence-electron chi connectivity index (χ3n) is 10.4. The van der Waals surface area contributed by atoms with Gasteiger partial charge in [-0.3, -0.25) is 4.57 Å². The average molecular weight is 687 g/mol. The number of nitrogens with zero attached hydrogens (tertiary/aromatic N) is 4. The highest BCUT2D eigenvalue weighted by molar-refractivity contribution is 7.25. The number of hydrogen-bond acceptors (Lipinski definition) is 5. The zero-order valence-electron chi connectivity index (χ0n) is 28.2. The van der Waals surface area contributed by atoms with Crippen molar-refractivity contribution in [1.29, 1.82) is 0 Å². The minimum atomic E-state index is 0.414. The van der Waals surface area contributed by atoms with E-state index in [1.807, 2.05) is 47.7 Å². The van der Waals surface area contributed by atoms with E-state index in [9.17, 15) is 0 Å². The van der Waals surface area contributed by atoms with Crippen LogP contribution in [0.15, 0.2) is 144 Å². The second-order valence-corrected chi connectivity index (χ2v) is 14.8. The molecule has 0 N–H and O–H groups in total. The first-order chi connectivity index (χ1) is 25.7. The lowest BCUT2D eigenvalue weighted by molar-refractivity contribution is 0.515. The van der Waals surface area contributed by atoms with E-state index in [-0.39, 0.29) is 0 Å². The summed E-state index contributed by atoms with van der Waals surface area (Å²) in [5.74, 6) is 3.26. The molecule has 1 unspecified atom stereocenters. The summed E-state index contributed by atoms with van der Waals surface area (Å²) in [6, 6.07) is 46.8. The molecular weight excluding hydrogens is 657 g/mol. The van der Waals surface area contributed by atoms with Crippen molar-refractivity contribution in [2.75, 3.05) is 0 Å². The molecule has 0 aliphatic heterocycles.